The highest BCUT2D eigenvalue weighted by atomic mass is 16.4. The molecule has 1 aromatic heterocycles. The third-order valence-electron chi connectivity index (χ3n) is 4.69. The average Bonchev–Trinajstić information content (AvgIpc) is 2.99. The molecule has 1 fully saturated rings. The minimum atomic E-state index is -1.04. The SMILES string of the molecule is Cc1cc(C)cc(-n2nc(C(=O)O)c(N(C)C3CCCCC3)n2)c1. The van der Waals surface area contributed by atoms with Crippen LogP contribution in [0.5, 0.6) is 0 Å². The molecule has 0 bridgehead atoms. The maximum atomic E-state index is 11.6. The van der Waals surface area contributed by atoms with E-state index >= 15 is 0 Å². The van der Waals surface area contributed by atoms with Crippen molar-refractivity contribution in [2.75, 3.05) is 11.9 Å². The fourth-order valence-electron chi connectivity index (χ4n) is 3.50. The summed E-state index contributed by atoms with van der Waals surface area (Å²) in [5.41, 5.74) is 3.00. The molecule has 128 valence electrons. The van der Waals surface area contributed by atoms with Crippen molar-refractivity contribution in [3.8, 4) is 5.69 Å². The first-order valence-corrected chi connectivity index (χ1v) is 8.48. The molecule has 0 radical (unpaired) electrons. The Labute approximate surface area is 142 Å². The molecule has 0 amide bonds. The lowest BCUT2D eigenvalue weighted by atomic mass is 9.94. The van der Waals surface area contributed by atoms with Crippen molar-refractivity contribution in [1.82, 2.24) is 15.0 Å². The zero-order chi connectivity index (χ0) is 17.3. The van der Waals surface area contributed by atoms with E-state index in [0.29, 0.717) is 11.9 Å². The van der Waals surface area contributed by atoms with E-state index in [1.54, 1.807) is 0 Å². The third-order valence-corrected chi connectivity index (χ3v) is 4.69. The van der Waals surface area contributed by atoms with Gasteiger partial charge in [-0.1, -0.05) is 25.3 Å². The van der Waals surface area contributed by atoms with Crippen molar-refractivity contribution in [3.05, 3.63) is 35.0 Å². The number of rotatable bonds is 4. The quantitative estimate of drug-likeness (QED) is 0.932. The van der Waals surface area contributed by atoms with Crippen LogP contribution < -0.4 is 4.90 Å². The van der Waals surface area contributed by atoms with Crippen molar-refractivity contribution < 1.29 is 9.90 Å². The van der Waals surface area contributed by atoms with Gasteiger partial charge in [0.2, 0.25) is 5.69 Å². The highest BCUT2D eigenvalue weighted by molar-refractivity contribution is 5.91. The van der Waals surface area contributed by atoms with Crippen molar-refractivity contribution in [1.29, 1.82) is 0 Å². The number of carboxylic acid groups (broad SMARTS) is 1. The normalized spacial score (nSPS) is 15.5. The predicted molar refractivity (Wildman–Crippen MR) is 93.1 cm³/mol. The zero-order valence-electron chi connectivity index (χ0n) is 14.5. The average molecular weight is 328 g/mol. The van der Waals surface area contributed by atoms with Crippen molar-refractivity contribution in [2.24, 2.45) is 0 Å². The molecule has 0 unspecified atom stereocenters. The summed E-state index contributed by atoms with van der Waals surface area (Å²) in [5, 5.41) is 18.3. The van der Waals surface area contributed by atoms with Crippen molar-refractivity contribution in [3.63, 3.8) is 0 Å². The molecule has 0 aliphatic heterocycles. The minimum Gasteiger partial charge on any atom is -0.476 e. The standard InChI is InChI=1S/C18H24N4O2/c1-12-9-13(2)11-15(10-12)22-19-16(18(23)24)17(20-22)21(3)14-7-5-4-6-8-14/h9-11,14H,4-8H2,1-3H3,(H,23,24). The van der Waals surface area contributed by atoms with Crippen LogP contribution in [0.15, 0.2) is 18.2 Å². The molecule has 1 heterocycles. The zero-order valence-corrected chi connectivity index (χ0v) is 14.5. The van der Waals surface area contributed by atoms with Crippen molar-refractivity contribution in [2.45, 2.75) is 52.0 Å². The first-order valence-electron chi connectivity index (χ1n) is 8.48. The Morgan fingerprint density at radius 3 is 2.33 bits per heavy atom. The molecular weight excluding hydrogens is 304 g/mol. The summed E-state index contributed by atoms with van der Waals surface area (Å²) in [6.45, 7) is 4.01. The molecule has 1 aliphatic carbocycles. The summed E-state index contributed by atoms with van der Waals surface area (Å²) in [6, 6.07) is 6.33. The lowest BCUT2D eigenvalue weighted by Crippen LogP contribution is -2.34. The van der Waals surface area contributed by atoms with E-state index in [1.807, 2.05) is 37.9 Å². The molecule has 1 saturated carbocycles. The number of anilines is 1. The number of carbonyl (C=O) groups is 1. The number of aromatic nitrogens is 3. The van der Waals surface area contributed by atoms with Crippen LogP contribution in [0.3, 0.4) is 0 Å². The molecular formula is C18H24N4O2. The smallest absolute Gasteiger partial charge is 0.360 e. The second-order valence-electron chi connectivity index (χ2n) is 6.72. The van der Waals surface area contributed by atoms with Crippen molar-refractivity contribution >= 4 is 11.8 Å². The molecule has 24 heavy (non-hydrogen) atoms. The Morgan fingerprint density at radius 2 is 1.75 bits per heavy atom. The lowest BCUT2D eigenvalue weighted by molar-refractivity contribution is 0.0690. The van der Waals surface area contributed by atoms with E-state index in [2.05, 4.69) is 16.3 Å². The maximum absolute atomic E-state index is 11.6. The lowest BCUT2D eigenvalue weighted by Gasteiger charge is -2.31. The van der Waals surface area contributed by atoms with E-state index in [4.69, 9.17) is 0 Å². The number of nitrogens with zero attached hydrogens (tertiary/aromatic N) is 4. The van der Waals surface area contributed by atoms with Crippen LogP contribution in [0, 0.1) is 13.8 Å². The summed E-state index contributed by atoms with van der Waals surface area (Å²) in [4.78, 5) is 15.1. The van der Waals surface area contributed by atoms with Crippen LogP contribution in [0.1, 0.15) is 53.7 Å². The highest BCUT2D eigenvalue weighted by Gasteiger charge is 2.27. The molecule has 1 aromatic carbocycles. The van der Waals surface area contributed by atoms with Gasteiger partial charge >= 0.3 is 5.97 Å². The summed E-state index contributed by atoms with van der Waals surface area (Å²) in [5.74, 6) is -0.586. The third kappa shape index (κ3) is 3.27. The largest absolute Gasteiger partial charge is 0.476 e. The van der Waals surface area contributed by atoms with Gasteiger partial charge in [0, 0.05) is 13.1 Å². The van der Waals surface area contributed by atoms with Gasteiger partial charge in [-0.2, -0.15) is 0 Å². The van der Waals surface area contributed by atoms with Gasteiger partial charge < -0.3 is 10.0 Å². The van der Waals surface area contributed by atoms with E-state index in [-0.39, 0.29) is 5.69 Å². The van der Waals surface area contributed by atoms with Crippen LogP contribution in [-0.2, 0) is 0 Å². The first-order chi connectivity index (χ1) is 11.5. The second kappa shape index (κ2) is 6.63. The van der Waals surface area contributed by atoms with Gasteiger partial charge in [0.1, 0.15) is 0 Å². The van der Waals surface area contributed by atoms with Gasteiger partial charge in [-0.15, -0.1) is 15.0 Å². The highest BCUT2D eigenvalue weighted by Crippen LogP contribution is 2.27. The van der Waals surface area contributed by atoms with E-state index in [1.165, 1.54) is 24.1 Å². The maximum Gasteiger partial charge on any atom is 0.360 e. The minimum absolute atomic E-state index is 0.0160. The first kappa shape index (κ1) is 16.5. The second-order valence-corrected chi connectivity index (χ2v) is 6.72. The van der Waals surface area contributed by atoms with Gasteiger partial charge in [-0.25, -0.2) is 4.79 Å². The predicted octanol–water partition coefficient (Wildman–Crippen LogP) is 3.35. The van der Waals surface area contributed by atoms with E-state index in [0.717, 1.165) is 29.7 Å². The van der Waals surface area contributed by atoms with Crippen LogP contribution in [0.2, 0.25) is 0 Å². The Hall–Kier alpha value is -2.37. The molecule has 6 nitrogen and oxygen atoms in total. The fourth-order valence-corrected chi connectivity index (χ4v) is 3.50. The molecule has 0 spiro atoms. The monoisotopic (exact) mass is 328 g/mol. The Bertz CT molecular complexity index is 727. The van der Waals surface area contributed by atoms with E-state index in [9.17, 15) is 9.90 Å². The number of aryl methyl sites for hydroxylation is 2. The fraction of sp³-hybridized carbons (Fsp3) is 0.500. The van der Waals surface area contributed by atoms with Crippen LogP contribution in [0.25, 0.3) is 5.69 Å². The number of hydrogen-bond acceptors (Lipinski definition) is 4. The number of benzene rings is 1. The van der Waals surface area contributed by atoms with Gasteiger partial charge in [0.15, 0.2) is 5.82 Å². The molecule has 6 heteroatoms. The van der Waals surface area contributed by atoms with Gasteiger partial charge in [-0.3, -0.25) is 0 Å². The van der Waals surface area contributed by atoms with Gasteiger partial charge in [-0.05, 0) is 49.9 Å². The number of carboxylic acids is 1. The van der Waals surface area contributed by atoms with Crippen LogP contribution in [0.4, 0.5) is 5.82 Å². The Balaban J connectivity index is 1.99. The molecule has 1 aliphatic rings. The number of aromatic carboxylic acids is 1. The van der Waals surface area contributed by atoms with Crippen LogP contribution >= 0.6 is 0 Å². The Morgan fingerprint density at radius 1 is 1.12 bits per heavy atom. The summed E-state index contributed by atoms with van der Waals surface area (Å²) in [6.07, 6.45) is 5.77. The van der Waals surface area contributed by atoms with Gasteiger partial charge in [0.05, 0.1) is 5.69 Å². The molecule has 1 N–H and O–H groups in total. The van der Waals surface area contributed by atoms with E-state index < -0.39 is 5.97 Å². The van der Waals surface area contributed by atoms with Crippen LogP contribution in [-0.4, -0.2) is 39.2 Å². The summed E-state index contributed by atoms with van der Waals surface area (Å²) in [7, 11) is 1.93. The number of hydrogen-bond donors (Lipinski definition) is 1. The topological polar surface area (TPSA) is 71.2 Å². The summed E-state index contributed by atoms with van der Waals surface area (Å²) < 4.78 is 0. The summed E-state index contributed by atoms with van der Waals surface area (Å²) >= 11 is 0. The van der Waals surface area contributed by atoms with Gasteiger partial charge in [0.25, 0.3) is 0 Å². The molecule has 3 rings (SSSR count). The molecule has 2 aromatic rings. The Kier molecular flexibility index (Phi) is 4.55. The molecule has 0 atom stereocenters. The molecule has 0 saturated heterocycles.